The maximum absolute atomic E-state index is 12.2. The Morgan fingerprint density at radius 1 is 1.47 bits per heavy atom. The Morgan fingerprint density at radius 3 is 2.88 bits per heavy atom. The number of rotatable bonds is 1. The number of carboxylic acid groups (broad SMARTS) is 1. The minimum absolute atomic E-state index is 0.126. The number of likely N-dealkylation sites (tertiary alicyclic amines) is 1. The van der Waals surface area contributed by atoms with E-state index in [0.29, 0.717) is 13.1 Å². The van der Waals surface area contributed by atoms with E-state index in [-0.39, 0.29) is 23.7 Å². The first-order valence-electron chi connectivity index (χ1n) is 5.66. The topological polar surface area (TPSA) is 75.4 Å². The molecule has 6 nitrogen and oxygen atoms in total. The van der Waals surface area contributed by atoms with Crippen LogP contribution in [0.3, 0.4) is 0 Å². The van der Waals surface area contributed by atoms with Crippen molar-refractivity contribution in [1.29, 1.82) is 0 Å². The van der Waals surface area contributed by atoms with Crippen molar-refractivity contribution in [1.82, 2.24) is 14.5 Å². The van der Waals surface area contributed by atoms with Crippen LogP contribution in [0.25, 0.3) is 0 Å². The molecular weight excluding hydrogens is 222 g/mol. The zero-order valence-electron chi connectivity index (χ0n) is 9.19. The van der Waals surface area contributed by atoms with Crippen LogP contribution in [0.4, 0.5) is 4.79 Å². The first-order valence-corrected chi connectivity index (χ1v) is 5.66. The number of aromatic nitrogens is 2. The van der Waals surface area contributed by atoms with Gasteiger partial charge in [-0.25, -0.2) is 9.78 Å². The van der Waals surface area contributed by atoms with E-state index >= 15 is 0 Å². The summed E-state index contributed by atoms with van der Waals surface area (Å²) in [4.78, 5) is 28.3. The number of fused-ring (bicyclic) bond motifs is 1. The predicted molar refractivity (Wildman–Crippen MR) is 57.5 cm³/mol. The standard InChI is InChI=1S/C11H13N3O3/c15-10-8-5-14(11(16)17)4-7(8)3-9(10)13-2-1-12-6-13/h1-2,6-9H,3-5H2,(H,16,17). The molecule has 1 amide bonds. The van der Waals surface area contributed by atoms with E-state index in [0.717, 1.165) is 6.42 Å². The van der Waals surface area contributed by atoms with Crippen molar-refractivity contribution < 1.29 is 14.7 Å². The summed E-state index contributed by atoms with van der Waals surface area (Å²) in [5.74, 6) is 0.196. The van der Waals surface area contributed by atoms with Crippen LogP contribution in [0.1, 0.15) is 12.5 Å². The van der Waals surface area contributed by atoms with Crippen molar-refractivity contribution in [2.45, 2.75) is 12.5 Å². The number of Topliss-reactive ketones (excluding diaryl/α,β-unsaturated/α-hetero) is 1. The van der Waals surface area contributed by atoms with E-state index in [1.807, 2.05) is 4.57 Å². The number of nitrogens with zero attached hydrogens (tertiary/aromatic N) is 3. The molecule has 1 saturated heterocycles. The molecule has 3 unspecified atom stereocenters. The van der Waals surface area contributed by atoms with Gasteiger partial charge in [0.05, 0.1) is 12.4 Å². The van der Waals surface area contributed by atoms with Crippen molar-refractivity contribution in [3.63, 3.8) is 0 Å². The minimum atomic E-state index is -0.925. The van der Waals surface area contributed by atoms with Gasteiger partial charge in [0.25, 0.3) is 0 Å². The van der Waals surface area contributed by atoms with Gasteiger partial charge in [-0.3, -0.25) is 4.79 Å². The van der Waals surface area contributed by atoms with E-state index in [4.69, 9.17) is 5.11 Å². The van der Waals surface area contributed by atoms with Gasteiger partial charge in [-0.05, 0) is 12.3 Å². The molecule has 90 valence electrons. The van der Waals surface area contributed by atoms with Crippen LogP contribution >= 0.6 is 0 Å². The van der Waals surface area contributed by atoms with Gasteiger partial charge >= 0.3 is 6.09 Å². The smallest absolute Gasteiger partial charge is 0.407 e. The van der Waals surface area contributed by atoms with E-state index in [1.54, 1.807) is 18.7 Å². The van der Waals surface area contributed by atoms with Crippen LogP contribution < -0.4 is 0 Å². The fraction of sp³-hybridized carbons (Fsp3) is 0.545. The Kier molecular flexibility index (Phi) is 2.17. The van der Waals surface area contributed by atoms with Gasteiger partial charge in [-0.15, -0.1) is 0 Å². The second kappa shape index (κ2) is 3.58. The molecule has 17 heavy (non-hydrogen) atoms. The normalized spacial score (nSPS) is 31.9. The Bertz CT molecular complexity index is 457. The minimum Gasteiger partial charge on any atom is -0.465 e. The van der Waals surface area contributed by atoms with Crippen LogP contribution in [0, 0.1) is 11.8 Å². The van der Waals surface area contributed by atoms with Crippen molar-refractivity contribution in [2.75, 3.05) is 13.1 Å². The zero-order chi connectivity index (χ0) is 12.0. The molecule has 6 heteroatoms. The molecule has 2 fully saturated rings. The van der Waals surface area contributed by atoms with Gasteiger partial charge in [0.1, 0.15) is 0 Å². The first-order chi connectivity index (χ1) is 8.16. The van der Waals surface area contributed by atoms with Gasteiger partial charge in [0.15, 0.2) is 5.78 Å². The maximum Gasteiger partial charge on any atom is 0.407 e. The summed E-state index contributed by atoms with van der Waals surface area (Å²) < 4.78 is 1.83. The van der Waals surface area contributed by atoms with Crippen molar-refractivity contribution >= 4 is 11.9 Å². The largest absolute Gasteiger partial charge is 0.465 e. The van der Waals surface area contributed by atoms with E-state index in [1.165, 1.54) is 4.90 Å². The van der Waals surface area contributed by atoms with E-state index in [2.05, 4.69) is 4.98 Å². The van der Waals surface area contributed by atoms with Crippen molar-refractivity contribution in [3.05, 3.63) is 18.7 Å². The predicted octanol–water partition coefficient (Wildman–Crippen LogP) is 0.623. The fourth-order valence-electron chi connectivity index (χ4n) is 2.96. The Morgan fingerprint density at radius 2 is 2.29 bits per heavy atom. The lowest BCUT2D eigenvalue weighted by Crippen LogP contribution is -2.30. The van der Waals surface area contributed by atoms with Gasteiger partial charge in [0.2, 0.25) is 0 Å². The highest BCUT2D eigenvalue weighted by Crippen LogP contribution is 2.41. The zero-order valence-corrected chi connectivity index (χ0v) is 9.19. The summed E-state index contributed by atoms with van der Waals surface area (Å²) in [5.41, 5.74) is 0. The van der Waals surface area contributed by atoms with Crippen LogP contribution in [0.2, 0.25) is 0 Å². The molecule has 2 heterocycles. The molecule has 1 N–H and O–H groups in total. The summed E-state index contributed by atoms with van der Waals surface area (Å²) in [6.07, 6.45) is 4.90. The average Bonchev–Trinajstić information content (AvgIpc) is 2.95. The molecule has 0 spiro atoms. The number of ketones is 1. The lowest BCUT2D eigenvalue weighted by atomic mass is 10.0. The molecule has 1 aliphatic heterocycles. The van der Waals surface area contributed by atoms with Gasteiger partial charge in [-0.2, -0.15) is 0 Å². The molecule has 1 saturated carbocycles. The number of carbonyl (C=O) groups is 2. The molecule has 0 bridgehead atoms. The maximum atomic E-state index is 12.2. The average molecular weight is 235 g/mol. The second-order valence-corrected chi connectivity index (χ2v) is 4.72. The molecule has 1 aromatic rings. The highest BCUT2D eigenvalue weighted by atomic mass is 16.4. The van der Waals surface area contributed by atoms with Crippen LogP contribution in [0.15, 0.2) is 18.7 Å². The van der Waals surface area contributed by atoms with Crippen LogP contribution in [-0.4, -0.2) is 44.5 Å². The summed E-state index contributed by atoms with van der Waals surface area (Å²) in [6, 6.07) is -0.150. The van der Waals surface area contributed by atoms with Gasteiger partial charge < -0.3 is 14.6 Å². The fourth-order valence-corrected chi connectivity index (χ4v) is 2.96. The SMILES string of the molecule is O=C1C2CN(C(=O)O)CC2CC1n1ccnc1. The van der Waals surface area contributed by atoms with Gasteiger partial charge in [0, 0.05) is 31.4 Å². The molecule has 0 aromatic carbocycles. The van der Waals surface area contributed by atoms with Crippen molar-refractivity contribution in [3.8, 4) is 0 Å². The quantitative estimate of drug-likeness (QED) is 0.774. The summed E-state index contributed by atoms with van der Waals surface area (Å²) in [6.45, 7) is 0.834. The highest BCUT2D eigenvalue weighted by Gasteiger charge is 2.48. The van der Waals surface area contributed by atoms with Gasteiger partial charge in [-0.1, -0.05) is 0 Å². The third-order valence-corrected chi connectivity index (χ3v) is 3.82. The Labute approximate surface area is 97.9 Å². The molecule has 1 aliphatic carbocycles. The number of hydrogen-bond donors (Lipinski definition) is 1. The lowest BCUT2D eigenvalue weighted by molar-refractivity contribution is -0.123. The number of carbonyl (C=O) groups excluding carboxylic acids is 1. The first kappa shape index (κ1) is 10.3. The summed E-state index contributed by atoms with van der Waals surface area (Å²) >= 11 is 0. The monoisotopic (exact) mass is 235 g/mol. The molecule has 0 radical (unpaired) electrons. The molecule has 1 aromatic heterocycles. The Hall–Kier alpha value is -1.85. The molecule has 3 atom stereocenters. The molecule has 3 rings (SSSR count). The summed E-state index contributed by atoms with van der Waals surface area (Å²) in [5, 5.41) is 8.90. The highest BCUT2D eigenvalue weighted by molar-refractivity contribution is 5.88. The molecular formula is C11H13N3O3. The summed E-state index contributed by atoms with van der Waals surface area (Å²) in [7, 11) is 0. The van der Waals surface area contributed by atoms with Crippen LogP contribution in [-0.2, 0) is 4.79 Å². The number of hydrogen-bond acceptors (Lipinski definition) is 3. The third kappa shape index (κ3) is 1.51. The van der Waals surface area contributed by atoms with Crippen molar-refractivity contribution in [2.24, 2.45) is 11.8 Å². The molecule has 2 aliphatic rings. The lowest BCUT2D eigenvalue weighted by Gasteiger charge is -2.16. The van der Waals surface area contributed by atoms with E-state index < -0.39 is 6.09 Å². The Balaban J connectivity index is 1.78. The van der Waals surface area contributed by atoms with Crippen LogP contribution in [0.5, 0.6) is 0 Å². The number of imidazole rings is 1. The van der Waals surface area contributed by atoms with E-state index in [9.17, 15) is 9.59 Å². The second-order valence-electron chi connectivity index (χ2n) is 4.72. The number of amides is 1. The third-order valence-electron chi connectivity index (χ3n) is 3.82.